The molecular weight excluding hydrogens is 427 g/mol. The fourth-order valence-corrected chi connectivity index (χ4v) is 5.25. The van der Waals surface area contributed by atoms with Gasteiger partial charge in [-0.15, -0.1) is 0 Å². The summed E-state index contributed by atoms with van der Waals surface area (Å²) >= 11 is 0. The number of likely N-dealkylation sites (tertiary alicyclic amines) is 1. The zero-order valence-corrected chi connectivity index (χ0v) is 20.0. The SMILES string of the molecule is COB1Oc2c(cccc2C(=O)O)CC1NC(Cc1ccc(CN2CCCC2)cc1)=C1CC1C. The summed E-state index contributed by atoms with van der Waals surface area (Å²) in [5, 5.41) is 13.3. The topological polar surface area (TPSA) is 71.0 Å². The van der Waals surface area contributed by atoms with E-state index in [9.17, 15) is 9.90 Å². The zero-order valence-electron chi connectivity index (χ0n) is 20.0. The van der Waals surface area contributed by atoms with Gasteiger partial charge in [-0.05, 0) is 73.0 Å². The highest BCUT2D eigenvalue weighted by Gasteiger charge is 2.40. The van der Waals surface area contributed by atoms with Gasteiger partial charge in [-0.3, -0.25) is 4.90 Å². The van der Waals surface area contributed by atoms with Crippen LogP contribution in [0.3, 0.4) is 0 Å². The van der Waals surface area contributed by atoms with Gasteiger partial charge in [0.2, 0.25) is 0 Å². The molecule has 2 fully saturated rings. The predicted molar refractivity (Wildman–Crippen MR) is 133 cm³/mol. The first-order valence-corrected chi connectivity index (χ1v) is 12.3. The summed E-state index contributed by atoms with van der Waals surface area (Å²) in [7, 11) is 1.06. The van der Waals surface area contributed by atoms with E-state index in [-0.39, 0.29) is 11.5 Å². The Labute approximate surface area is 202 Å². The Morgan fingerprint density at radius 2 is 1.85 bits per heavy atom. The molecule has 0 bridgehead atoms. The first-order chi connectivity index (χ1) is 16.5. The highest BCUT2D eigenvalue weighted by molar-refractivity contribution is 6.48. The third kappa shape index (κ3) is 5.01. The fraction of sp³-hybridized carbons (Fsp3) is 0.444. The van der Waals surface area contributed by atoms with E-state index in [0.717, 1.165) is 24.9 Å². The molecule has 2 heterocycles. The summed E-state index contributed by atoms with van der Waals surface area (Å²) in [6, 6.07) is 14.3. The molecule has 34 heavy (non-hydrogen) atoms. The molecule has 178 valence electrons. The Bertz CT molecular complexity index is 1080. The number of nitrogens with zero attached hydrogens (tertiary/aromatic N) is 1. The number of hydrogen-bond acceptors (Lipinski definition) is 5. The molecular formula is C27H33BN2O4. The lowest BCUT2D eigenvalue weighted by atomic mass is 9.71. The van der Waals surface area contributed by atoms with Crippen molar-refractivity contribution >= 4 is 13.1 Å². The largest absolute Gasteiger partial charge is 0.549 e. The summed E-state index contributed by atoms with van der Waals surface area (Å²) in [4.78, 5) is 14.2. The van der Waals surface area contributed by atoms with Gasteiger partial charge >= 0.3 is 13.1 Å². The lowest BCUT2D eigenvalue weighted by Crippen LogP contribution is -2.52. The van der Waals surface area contributed by atoms with Crippen LogP contribution in [-0.2, 0) is 24.0 Å². The molecule has 0 radical (unpaired) electrons. The van der Waals surface area contributed by atoms with Gasteiger partial charge in [-0.2, -0.15) is 0 Å². The summed E-state index contributed by atoms with van der Waals surface area (Å²) in [6.45, 7) is 5.72. The molecule has 0 aromatic heterocycles. The Kier molecular flexibility index (Phi) is 6.66. The van der Waals surface area contributed by atoms with Gasteiger partial charge < -0.3 is 19.7 Å². The first-order valence-electron chi connectivity index (χ1n) is 12.3. The summed E-state index contributed by atoms with van der Waals surface area (Å²) in [5.41, 5.74) is 6.44. The fourth-order valence-electron chi connectivity index (χ4n) is 5.25. The summed E-state index contributed by atoms with van der Waals surface area (Å²) in [5.74, 6) is -0.0667. The number of para-hydroxylation sites is 1. The molecule has 1 saturated carbocycles. The number of fused-ring (bicyclic) bond motifs is 1. The van der Waals surface area contributed by atoms with E-state index >= 15 is 0 Å². The van der Waals surface area contributed by atoms with Crippen molar-refractivity contribution < 1.29 is 19.2 Å². The molecule has 6 nitrogen and oxygen atoms in total. The molecule has 5 rings (SSSR count). The number of carboxylic acid groups (broad SMARTS) is 1. The Hall–Kier alpha value is -2.77. The van der Waals surface area contributed by atoms with Crippen LogP contribution in [-0.4, -0.2) is 49.2 Å². The van der Waals surface area contributed by atoms with Crippen LogP contribution in [0, 0.1) is 5.92 Å². The molecule has 2 atom stereocenters. The molecule has 2 N–H and O–H groups in total. The molecule has 1 aliphatic carbocycles. The van der Waals surface area contributed by atoms with Gasteiger partial charge in [0.25, 0.3) is 0 Å². The number of nitrogens with one attached hydrogen (secondary N) is 1. The van der Waals surface area contributed by atoms with Crippen LogP contribution in [0.5, 0.6) is 5.75 Å². The molecule has 2 aromatic rings. The van der Waals surface area contributed by atoms with Gasteiger partial charge in [0.1, 0.15) is 5.75 Å². The normalized spacial score (nSPS) is 23.3. The van der Waals surface area contributed by atoms with E-state index < -0.39 is 13.1 Å². The number of hydrogen-bond donors (Lipinski definition) is 2. The average Bonchev–Trinajstić information content (AvgIpc) is 3.34. The van der Waals surface area contributed by atoms with Crippen LogP contribution in [0.2, 0.25) is 0 Å². The molecule has 2 unspecified atom stereocenters. The van der Waals surface area contributed by atoms with Gasteiger partial charge in [0.15, 0.2) is 0 Å². The molecule has 3 aliphatic rings. The van der Waals surface area contributed by atoms with Crippen molar-refractivity contribution in [3.05, 3.63) is 76.0 Å². The second-order valence-electron chi connectivity index (χ2n) is 9.86. The van der Waals surface area contributed by atoms with E-state index in [1.807, 2.05) is 6.07 Å². The van der Waals surface area contributed by atoms with Crippen LogP contribution in [0.15, 0.2) is 53.7 Å². The Morgan fingerprint density at radius 3 is 2.50 bits per heavy atom. The van der Waals surface area contributed by atoms with Crippen molar-refractivity contribution in [1.82, 2.24) is 10.2 Å². The van der Waals surface area contributed by atoms with Crippen molar-refractivity contribution in [2.45, 2.75) is 51.5 Å². The highest BCUT2D eigenvalue weighted by Crippen LogP contribution is 2.40. The maximum atomic E-state index is 11.6. The van der Waals surface area contributed by atoms with Crippen LogP contribution in [0.25, 0.3) is 0 Å². The third-order valence-electron chi connectivity index (χ3n) is 7.28. The van der Waals surface area contributed by atoms with Crippen molar-refractivity contribution in [2.75, 3.05) is 20.2 Å². The second-order valence-corrected chi connectivity index (χ2v) is 9.86. The number of carboxylic acids is 1. The first kappa shape index (κ1) is 23.0. The molecule has 2 aromatic carbocycles. The van der Waals surface area contributed by atoms with E-state index in [0.29, 0.717) is 18.1 Å². The predicted octanol–water partition coefficient (Wildman–Crippen LogP) is 4.08. The minimum Gasteiger partial charge on any atom is -0.534 e. The van der Waals surface area contributed by atoms with Crippen LogP contribution >= 0.6 is 0 Å². The second kappa shape index (κ2) is 9.84. The molecule has 0 spiro atoms. The lowest BCUT2D eigenvalue weighted by molar-refractivity contribution is 0.0694. The van der Waals surface area contributed by atoms with E-state index in [1.54, 1.807) is 19.2 Å². The minimum absolute atomic E-state index is 0.0914. The Morgan fingerprint density at radius 1 is 1.15 bits per heavy atom. The monoisotopic (exact) mass is 460 g/mol. The van der Waals surface area contributed by atoms with Crippen LogP contribution in [0.4, 0.5) is 0 Å². The van der Waals surface area contributed by atoms with Crippen molar-refractivity contribution in [1.29, 1.82) is 0 Å². The number of allylic oxidation sites excluding steroid dienone is 2. The minimum atomic E-state index is -0.985. The number of carbonyl (C=O) groups is 1. The van der Waals surface area contributed by atoms with Crippen molar-refractivity contribution in [3.63, 3.8) is 0 Å². The van der Waals surface area contributed by atoms with Crippen molar-refractivity contribution in [2.24, 2.45) is 5.92 Å². The maximum Gasteiger partial charge on any atom is 0.549 e. The van der Waals surface area contributed by atoms with Gasteiger partial charge in [-0.1, -0.05) is 43.3 Å². The van der Waals surface area contributed by atoms with E-state index in [1.165, 1.54) is 48.3 Å². The Balaban J connectivity index is 1.31. The average molecular weight is 460 g/mol. The molecule has 2 aliphatic heterocycles. The number of aromatic carboxylic acids is 1. The number of rotatable bonds is 8. The van der Waals surface area contributed by atoms with E-state index in [2.05, 4.69) is 41.4 Å². The van der Waals surface area contributed by atoms with Gasteiger partial charge in [0.05, 0.1) is 11.5 Å². The summed E-state index contributed by atoms with van der Waals surface area (Å²) in [6.07, 6.45) is 5.23. The van der Waals surface area contributed by atoms with Crippen LogP contribution < -0.4 is 9.97 Å². The maximum absolute atomic E-state index is 11.6. The molecule has 7 heteroatoms. The van der Waals surface area contributed by atoms with E-state index in [4.69, 9.17) is 9.31 Å². The standard InChI is InChI=1S/C27H33BN2O4/c1-18-14-23(18)24(15-19-8-10-20(11-9-19)17-30-12-3-4-13-30)29-25-16-21-6-5-7-22(27(31)32)26(21)34-28(25)33-2/h5-11,18,25,29H,3-4,12-17H2,1-2H3,(H,31,32). The summed E-state index contributed by atoms with van der Waals surface area (Å²) < 4.78 is 11.7. The lowest BCUT2D eigenvalue weighted by Gasteiger charge is -2.32. The van der Waals surface area contributed by atoms with Gasteiger partial charge in [-0.25, -0.2) is 4.79 Å². The highest BCUT2D eigenvalue weighted by atomic mass is 16.6. The van der Waals surface area contributed by atoms with Gasteiger partial charge in [0, 0.05) is 25.8 Å². The quantitative estimate of drug-likeness (QED) is 0.579. The zero-order chi connectivity index (χ0) is 23.7. The number of benzene rings is 2. The van der Waals surface area contributed by atoms with Crippen LogP contribution in [0.1, 0.15) is 53.2 Å². The molecule has 0 amide bonds. The molecule has 1 saturated heterocycles. The van der Waals surface area contributed by atoms with Crippen molar-refractivity contribution in [3.8, 4) is 5.75 Å². The third-order valence-corrected chi connectivity index (χ3v) is 7.28. The smallest absolute Gasteiger partial charge is 0.534 e.